The summed E-state index contributed by atoms with van der Waals surface area (Å²) in [5, 5.41) is 0. The number of rotatable bonds is 15. The molecule has 0 aromatic heterocycles. The van der Waals surface area contributed by atoms with Gasteiger partial charge in [0, 0.05) is 12.3 Å². The van der Waals surface area contributed by atoms with Gasteiger partial charge in [0.2, 0.25) is 0 Å². The first-order valence-electron chi connectivity index (χ1n) is 10.7. The van der Waals surface area contributed by atoms with E-state index in [0.29, 0.717) is 6.42 Å². The van der Waals surface area contributed by atoms with E-state index in [1.54, 1.807) is 27.7 Å². The quantitative estimate of drug-likeness (QED) is 0.159. The van der Waals surface area contributed by atoms with Gasteiger partial charge in [0.15, 0.2) is 6.29 Å². The van der Waals surface area contributed by atoms with Gasteiger partial charge in [0.1, 0.15) is 11.2 Å². The van der Waals surface area contributed by atoms with Gasteiger partial charge in [0.05, 0.1) is 0 Å². The molecule has 0 aliphatic rings. The molecule has 0 fully saturated rings. The second kappa shape index (κ2) is 13.2. The van der Waals surface area contributed by atoms with Crippen LogP contribution in [-0.4, -0.2) is 23.7 Å². The number of halogens is 3. The van der Waals surface area contributed by atoms with Crippen molar-refractivity contribution >= 4 is 0 Å². The lowest BCUT2D eigenvalue weighted by molar-refractivity contribution is -0.244. The minimum absolute atomic E-state index is 0.0781. The van der Waals surface area contributed by atoms with E-state index >= 15 is 0 Å². The van der Waals surface area contributed by atoms with E-state index < -0.39 is 36.0 Å². The monoisotopic (exact) mass is 416 g/mol. The van der Waals surface area contributed by atoms with Gasteiger partial charge >= 0.3 is 6.18 Å². The lowest BCUT2D eigenvalue weighted by Gasteiger charge is -2.36. The zero-order valence-corrected chi connectivity index (χ0v) is 18.8. The van der Waals surface area contributed by atoms with Crippen LogP contribution in [0, 0.1) is 30.6 Å². The Hall–Kier alpha value is -1.17. The largest absolute Gasteiger partial charge is 0.389 e. The minimum Gasteiger partial charge on any atom is -0.334 e. The number of alkyl halides is 3. The van der Waals surface area contributed by atoms with Crippen molar-refractivity contribution in [2.24, 2.45) is 5.92 Å². The van der Waals surface area contributed by atoms with Crippen LogP contribution in [0.25, 0.3) is 0 Å². The number of ether oxygens (including phenoxy) is 2. The highest BCUT2D eigenvalue weighted by Crippen LogP contribution is 2.33. The van der Waals surface area contributed by atoms with Crippen LogP contribution < -0.4 is 0 Å². The lowest BCUT2D eigenvalue weighted by Crippen LogP contribution is -2.41. The molecule has 5 heteroatoms. The average Bonchev–Trinajstić information content (AvgIpc) is 2.61. The summed E-state index contributed by atoms with van der Waals surface area (Å²) in [5.74, 6) is 4.61. The Labute approximate surface area is 176 Å². The molecule has 0 aliphatic heterocycles. The van der Waals surface area contributed by atoms with Crippen LogP contribution in [0.2, 0.25) is 0 Å². The molecule has 0 aliphatic carbocycles. The van der Waals surface area contributed by atoms with Crippen molar-refractivity contribution in [2.45, 2.75) is 122 Å². The Bertz CT molecular complexity index is 496. The van der Waals surface area contributed by atoms with Gasteiger partial charge in [-0.15, -0.1) is 12.8 Å². The Kier molecular flexibility index (Phi) is 12.7. The maximum absolute atomic E-state index is 12.9. The molecule has 1 atom stereocenters. The van der Waals surface area contributed by atoms with Crippen LogP contribution in [0.1, 0.15) is 98.8 Å². The number of terminal acetylenes is 2. The normalized spacial score (nSPS) is 13.9. The fraction of sp³-hybridized carbons (Fsp3) is 0.833. The predicted molar refractivity (Wildman–Crippen MR) is 113 cm³/mol. The van der Waals surface area contributed by atoms with E-state index in [1.165, 1.54) is 19.3 Å². The SMILES string of the molecule is C#CC(C)(C)OC(OC(C)(C)C#C)C(CCCCCCCCC)CCC(F)(F)F. The predicted octanol–water partition coefficient (Wildman–Crippen LogP) is 7.27. The molecule has 2 nitrogen and oxygen atoms in total. The third-order valence-corrected chi connectivity index (χ3v) is 4.88. The third kappa shape index (κ3) is 14.5. The van der Waals surface area contributed by atoms with Gasteiger partial charge < -0.3 is 9.47 Å². The summed E-state index contributed by atoms with van der Waals surface area (Å²) in [7, 11) is 0. The summed E-state index contributed by atoms with van der Waals surface area (Å²) in [6.07, 6.45) is 13.2. The maximum atomic E-state index is 12.9. The Balaban J connectivity index is 5.16. The van der Waals surface area contributed by atoms with Gasteiger partial charge in [-0.2, -0.15) is 13.2 Å². The Morgan fingerprint density at radius 3 is 1.62 bits per heavy atom. The van der Waals surface area contributed by atoms with Gasteiger partial charge in [-0.05, 0) is 40.5 Å². The molecule has 0 rings (SSSR count). The van der Waals surface area contributed by atoms with Gasteiger partial charge in [-0.1, -0.05) is 63.7 Å². The first-order chi connectivity index (χ1) is 13.4. The molecule has 0 N–H and O–H groups in total. The molecular weight excluding hydrogens is 377 g/mol. The van der Waals surface area contributed by atoms with Crippen molar-refractivity contribution < 1.29 is 22.6 Å². The molecule has 0 spiro atoms. The average molecular weight is 417 g/mol. The first-order valence-corrected chi connectivity index (χ1v) is 10.7. The summed E-state index contributed by atoms with van der Waals surface area (Å²) in [6, 6.07) is 0. The second-order valence-electron chi connectivity index (χ2n) is 8.74. The zero-order chi connectivity index (χ0) is 22.6. The molecule has 0 saturated heterocycles. The van der Waals surface area contributed by atoms with E-state index in [1.807, 2.05) is 0 Å². The van der Waals surface area contributed by atoms with Gasteiger partial charge in [0.25, 0.3) is 0 Å². The highest BCUT2D eigenvalue weighted by atomic mass is 19.4. The van der Waals surface area contributed by atoms with Crippen molar-refractivity contribution in [1.29, 1.82) is 0 Å². The van der Waals surface area contributed by atoms with Gasteiger partial charge in [-0.3, -0.25) is 0 Å². The van der Waals surface area contributed by atoms with Crippen molar-refractivity contribution in [3.8, 4) is 24.7 Å². The van der Waals surface area contributed by atoms with Crippen molar-refractivity contribution in [3.63, 3.8) is 0 Å². The summed E-state index contributed by atoms with van der Waals surface area (Å²) in [5.41, 5.74) is -1.93. The van der Waals surface area contributed by atoms with Crippen molar-refractivity contribution in [2.75, 3.05) is 0 Å². The Morgan fingerprint density at radius 2 is 1.21 bits per heavy atom. The van der Waals surface area contributed by atoms with Crippen LogP contribution in [0.4, 0.5) is 13.2 Å². The van der Waals surface area contributed by atoms with E-state index in [-0.39, 0.29) is 6.42 Å². The molecule has 0 aromatic carbocycles. The molecular formula is C24H39F3O2. The lowest BCUT2D eigenvalue weighted by atomic mass is 9.93. The minimum atomic E-state index is -4.23. The maximum Gasteiger partial charge on any atom is 0.389 e. The third-order valence-electron chi connectivity index (χ3n) is 4.88. The summed E-state index contributed by atoms with van der Waals surface area (Å²) in [6.45, 7) is 8.95. The van der Waals surface area contributed by atoms with Crippen LogP contribution in [0.15, 0.2) is 0 Å². The van der Waals surface area contributed by atoms with E-state index in [9.17, 15) is 13.2 Å². The van der Waals surface area contributed by atoms with E-state index in [4.69, 9.17) is 22.3 Å². The molecule has 0 saturated carbocycles. The first kappa shape index (κ1) is 27.8. The number of unbranched alkanes of at least 4 members (excludes halogenated alkanes) is 6. The van der Waals surface area contributed by atoms with Crippen molar-refractivity contribution in [1.82, 2.24) is 0 Å². The number of hydrogen-bond acceptors (Lipinski definition) is 2. The molecule has 29 heavy (non-hydrogen) atoms. The number of hydrogen-bond donors (Lipinski definition) is 0. The molecule has 1 unspecified atom stereocenters. The molecule has 0 amide bonds. The highest BCUT2D eigenvalue weighted by Gasteiger charge is 2.36. The standard InChI is InChI=1S/C24H39F3O2/c1-8-11-12-13-14-15-16-17-20(18-19-24(25,26)27)21(28-22(4,5)9-2)29-23(6,7)10-3/h2-3,20-21H,8,11-19H2,1,4-7H3. The van der Waals surface area contributed by atoms with Crippen LogP contribution in [0.3, 0.4) is 0 Å². The van der Waals surface area contributed by atoms with Crippen LogP contribution >= 0.6 is 0 Å². The fourth-order valence-corrected chi connectivity index (χ4v) is 2.99. The molecule has 0 heterocycles. The topological polar surface area (TPSA) is 18.5 Å². The highest BCUT2D eigenvalue weighted by molar-refractivity contribution is 5.05. The molecule has 0 aromatic rings. The summed E-state index contributed by atoms with van der Waals surface area (Å²) in [4.78, 5) is 0. The molecule has 168 valence electrons. The summed E-state index contributed by atoms with van der Waals surface area (Å²) < 4.78 is 50.6. The van der Waals surface area contributed by atoms with Crippen LogP contribution in [-0.2, 0) is 9.47 Å². The van der Waals surface area contributed by atoms with Crippen molar-refractivity contribution in [3.05, 3.63) is 0 Å². The van der Waals surface area contributed by atoms with E-state index in [0.717, 1.165) is 25.7 Å². The van der Waals surface area contributed by atoms with Crippen LogP contribution in [0.5, 0.6) is 0 Å². The Morgan fingerprint density at radius 1 is 0.759 bits per heavy atom. The summed E-state index contributed by atoms with van der Waals surface area (Å²) >= 11 is 0. The zero-order valence-electron chi connectivity index (χ0n) is 18.8. The second-order valence-corrected chi connectivity index (χ2v) is 8.74. The molecule has 0 bridgehead atoms. The van der Waals surface area contributed by atoms with E-state index in [2.05, 4.69) is 18.8 Å². The smallest absolute Gasteiger partial charge is 0.334 e. The van der Waals surface area contributed by atoms with Gasteiger partial charge in [-0.25, -0.2) is 0 Å². The fourth-order valence-electron chi connectivity index (χ4n) is 2.99. The molecule has 0 radical (unpaired) electrons.